The fourth-order valence-electron chi connectivity index (χ4n) is 1.59. The normalized spacial score (nSPS) is 20.5. The fraction of sp³-hybridized carbons (Fsp3) is 0.700. The van der Waals surface area contributed by atoms with Crippen LogP contribution in [-0.2, 0) is 14.3 Å². The molecule has 0 aromatic rings. The van der Waals surface area contributed by atoms with Crippen molar-refractivity contribution in [2.45, 2.75) is 26.7 Å². The zero-order valence-corrected chi connectivity index (χ0v) is 9.32. The van der Waals surface area contributed by atoms with Crippen molar-refractivity contribution in [3.8, 4) is 0 Å². The predicted octanol–water partition coefficient (Wildman–Crippen LogP) is 0.794. The van der Waals surface area contributed by atoms with E-state index in [0.29, 0.717) is 13.0 Å². The Morgan fingerprint density at radius 3 is 2.73 bits per heavy atom. The van der Waals surface area contributed by atoms with Crippen LogP contribution in [0.4, 0.5) is 0 Å². The largest absolute Gasteiger partial charge is 0.466 e. The number of hydrazone groups is 1. The maximum Gasteiger partial charge on any atom is 0.305 e. The molecule has 1 atom stereocenters. The van der Waals surface area contributed by atoms with Crippen LogP contribution < -0.4 is 0 Å². The molecule has 5 nitrogen and oxygen atoms in total. The van der Waals surface area contributed by atoms with Gasteiger partial charge in [-0.3, -0.25) is 9.59 Å². The van der Waals surface area contributed by atoms with E-state index in [1.807, 2.05) is 0 Å². The van der Waals surface area contributed by atoms with Crippen LogP contribution >= 0.6 is 0 Å². The van der Waals surface area contributed by atoms with Gasteiger partial charge in [0.25, 0.3) is 5.91 Å². The second-order valence-electron chi connectivity index (χ2n) is 3.50. The molecule has 0 aromatic heterocycles. The van der Waals surface area contributed by atoms with Crippen molar-refractivity contribution in [3.05, 3.63) is 0 Å². The van der Waals surface area contributed by atoms with Gasteiger partial charge in [0.05, 0.1) is 12.5 Å². The van der Waals surface area contributed by atoms with Gasteiger partial charge in [-0.05, 0) is 20.3 Å². The van der Waals surface area contributed by atoms with Gasteiger partial charge < -0.3 is 4.74 Å². The summed E-state index contributed by atoms with van der Waals surface area (Å²) in [5, 5.41) is 5.35. The van der Waals surface area contributed by atoms with Gasteiger partial charge in [0.1, 0.15) is 0 Å². The SMILES string of the molecule is CCOC(=O)CCC1C(=O)N(C)N=C1C. The van der Waals surface area contributed by atoms with Crippen molar-refractivity contribution in [2.24, 2.45) is 11.0 Å². The van der Waals surface area contributed by atoms with Crippen molar-refractivity contribution in [1.29, 1.82) is 0 Å². The molecule has 1 aliphatic rings. The Morgan fingerprint density at radius 1 is 1.60 bits per heavy atom. The molecule has 1 aliphatic heterocycles. The molecule has 0 N–H and O–H groups in total. The van der Waals surface area contributed by atoms with Gasteiger partial charge in [-0.2, -0.15) is 5.10 Å². The zero-order chi connectivity index (χ0) is 11.4. The third kappa shape index (κ3) is 2.78. The van der Waals surface area contributed by atoms with Crippen LogP contribution in [0, 0.1) is 5.92 Å². The molecular weight excluding hydrogens is 196 g/mol. The summed E-state index contributed by atoms with van der Waals surface area (Å²) in [5.74, 6) is -0.552. The molecule has 5 heteroatoms. The minimum Gasteiger partial charge on any atom is -0.466 e. The van der Waals surface area contributed by atoms with Crippen LogP contribution in [0.15, 0.2) is 5.10 Å². The zero-order valence-electron chi connectivity index (χ0n) is 9.32. The van der Waals surface area contributed by atoms with E-state index in [4.69, 9.17) is 4.74 Å². The minimum absolute atomic E-state index is 0.0446. The summed E-state index contributed by atoms with van der Waals surface area (Å²) in [6.07, 6.45) is 0.752. The lowest BCUT2D eigenvalue weighted by atomic mass is 9.99. The lowest BCUT2D eigenvalue weighted by Crippen LogP contribution is -2.25. The number of rotatable bonds is 4. The van der Waals surface area contributed by atoms with Gasteiger partial charge in [-0.15, -0.1) is 0 Å². The van der Waals surface area contributed by atoms with E-state index in [-0.39, 0.29) is 24.2 Å². The molecule has 0 spiro atoms. The lowest BCUT2D eigenvalue weighted by Gasteiger charge is -2.09. The molecule has 0 fully saturated rings. The van der Waals surface area contributed by atoms with Gasteiger partial charge in [-0.1, -0.05) is 0 Å². The Bertz CT molecular complexity index is 299. The minimum atomic E-state index is -0.257. The maximum atomic E-state index is 11.5. The summed E-state index contributed by atoms with van der Waals surface area (Å²) < 4.78 is 4.80. The van der Waals surface area contributed by atoms with Gasteiger partial charge in [0.15, 0.2) is 0 Å². The summed E-state index contributed by atoms with van der Waals surface area (Å²) in [5.41, 5.74) is 0.770. The Morgan fingerprint density at radius 2 is 2.27 bits per heavy atom. The first-order valence-electron chi connectivity index (χ1n) is 5.04. The number of hydrogen-bond acceptors (Lipinski definition) is 4. The van der Waals surface area contributed by atoms with E-state index >= 15 is 0 Å². The van der Waals surface area contributed by atoms with Crippen molar-refractivity contribution in [1.82, 2.24) is 5.01 Å². The highest BCUT2D eigenvalue weighted by atomic mass is 16.5. The standard InChI is InChI=1S/C10H16N2O3/c1-4-15-9(13)6-5-8-7(2)11-12(3)10(8)14/h8H,4-6H2,1-3H3. The highest BCUT2D eigenvalue weighted by molar-refractivity contribution is 6.06. The molecule has 0 radical (unpaired) electrons. The van der Waals surface area contributed by atoms with Crippen molar-refractivity contribution in [3.63, 3.8) is 0 Å². The maximum absolute atomic E-state index is 11.5. The second kappa shape index (κ2) is 4.91. The van der Waals surface area contributed by atoms with Gasteiger partial charge >= 0.3 is 5.97 Å². The molecule has 0 aliphatic carbocycles. The van der Waals surface area contributed by atoms with E-state index in [1.165, 1.54) is 5.01 Å². The molecule has 0 saturated heterocycles. The smallest absolute Gasteiger partial charge is 0.305 e. The highest BCUT2D eigenvalue weighted by Gasteiger charge is 2.31. The Kier molecular flexibility index (Phi) is 3.82. The van der Waals surface area contributed by atoms with Crippen LogP contribution in [0.5, 0.6) is 0 Å². The van der Waals surface area contributed by atoms with Crippen LogP contribution in [0.1, 0.15) is 26.7 Å². The number of carbonyl (C=O) groups excluding carboxylic acids is 2. The molecule has 1 unspecified atom stereocenters. The number of ether oxygens (including phenoxy) is 1. The molecule has 0 aromatic carbocycles. The van der Waals surface area contributed by atoms with Crippen LogP contribution in [0.3, 0.4) is 0 Å². The molecule has 1 heterocycles. The Balaban J connectivity index is 2.43. The molecule has 15 heavy (non-hydrogen) atoms. The van der Waals surface area contributed by atoms with E-state index in [0.717, 1.165) is 5.71 Å². The first-order valence-corrected chi connectivity index (χ1v) is 5.04. The third-order valence-electron chi connectivity index (χ3n) is 2.37. The van der Waals surface area contributed by atoms with Crippen molar-refractivity contribution < 1.29 is 14.3 Å². The van der Waals surface area contributed by atoms with Gasteiger partial charge in [0.2, 0.25) is 0 Å². The molecule has 1 amide bonds. The third-order valence-corrected chi connectivity index (χ3v) is 2.37. The summed E-state index contributed by atoms with van der Waals surface area (Å²) >= 11 is 0. The van der Waals surface area contributed by atoms with E-state index in [9.17, 15) is 9.59 Å². The number of amides is 1. The lowest BCUT2D eigenvalue weighted by molar-refractivity contribution is -0.143. The van der Waals surface area contributed by atoms with Crippen molar-refractivity contribution >= 4 is 17.6 Å². The Labute approximate surface area is 89.1 Å². The van der Waals surface area contributed by atoms with Gasteiger partial charge in [-0.25, -0.2) is 5.01 Å². The molecule has 0 bridgehead atoms. The summed E-state index contributed by atoms with van der Waals surface area (Å²) in [7, 11) is 1.62. The fourth-order valence-corrected chi connectivity index (χ4v) is 1.59. The monoisotopic (exact) mass is 212 g/mol. The van der Waals surface area contributed by atoms with E-state index < -0.39 is 0 Å². The average Bonchev–Trinajstić information content (AvgIpc) is 2.40. The molecule has 84 valence electrons. The summed E-state index contributed by atoms with van der Waals surface area (Å²) in [4.78, 5) is 22.7. The Hall–Kier alpha value is -1.39. The first-order chi connectivity index (χ1) is 7.06. The number of nitrogens with zero attached hydrogens (tertiary/aromatic N) is 2. The first kappa shape index (κ1) is 11.7. The topological polar surface area (TPSA) is 59.0 Å². The summed E-state index contributed by atoms with van der Waals surface area (Å²) in [6, 6.07) is 0. The predicted molar refractivity (Wildman–Crippen MR) is 55.2 cm³/mol. The van der Waals surface area contributed by atoms with Crippen molar-refractivity contribution in [2.75, 3.05) is 13.7 Å². The molecule has 1 rings (SSSR count). The van der Waals surface area contributed by atoms with E-state index in [2.05, 4.69) is 5.10 Å². The number of esters is 1. The van der Waals surface area contributed by atoms with Crippen LogP contribution in [0.2, 0.25) is 0 Å². The molecular formula is C10H16N2O3. The van der Waals surface area contributed by atoms with Crippen LogP contribution in [-0.4, -0.2) is 36.3 Å². The quantitative estimate of drug-likeness (QED) is 0.647. The average molecular weight is 212 g/mol. The number of hydrogen-bond donors (Lipinski definition) is 0. The highest BCUT2D eigenvalue weighted by Crippen LogP contribution is 2.19. The van der Waals surface area contributed by atoms with Crippen LogP contribution in [0.25, 0.3) is 0 Å². The van der Waals surface area contributed by atoms with E-state index in [1.54, 1.807) is 20.9 Å². The number of carbonyl (C=O) groups is 2. The molecule has 0 saturated carbocycles. The van der Waals surface area contributed by atoms with Gasteiger partial charge in [0, 0.05) is 19.2 Å². The summed E-state index contributed by atoms with van der Waals surface area (Å²) in [6.45, 7) is 3.95. The second-order valence-corrected chi connectivity index (χ2v) is 3.50.